The summed E-state index contributed by atoms with van der Waals surface area (Å²) in [6.07, 6.45) is 7.19. The highest BCUT2D eigenvalue weighted by Gasteiger charge is 2.37. The Morgan fingerprint density at radius 3 is 2.47 bits per heavy atom. The lowest BCUT2D eigenvalue weighted by molar-refractivity contribution is -0.137. The molecule has 206 valence electrons. The van der Waals surface area contributed by atoms with Crippen molar-refractivity contribution in [2.75, 3.05) is 39.9 Å². The number of carbonyl (C=O) groups excluding carboxylic acids is 1. The number of aliphatic carboxylic acids is 1. The topological polar surface area (TPSA) is 79.3 Å². The number of amides is 1. The molecule has 0 atom stereocenters. The molecule has 1 N–H and O–H groups in total. The molecule has 4 rings (SSSR count). The summed E-state index contributed by atoms with van der Waals surface area (Å²) in [4.78, 5) is 28.0. The van der Waals surface area contributed by atoms with E-state index in [9.17, 15) is 9.59 Å². The fourth-order valence-corrected chi connectivity index (χ4v) is 5.90. The third-order valence-electron chi connectivity index (χ3n) is 8.12. The molecule has 2 aliphatic heterocycles. The minimum Gasteiger partial charge on any atom is -0.497 e. The zero-order chi connectivity index (χ0) is 26.8. The fraction of sp³-hybridized carbons (Fsp3) is 0.548. The third-order valence-corrected chi connectivity index (χ3v) is 8.12. The molecule has 0 unspecified atom stereocenters. The molecule has 0 aromatic heterocycles. The summed E-state index contributed by atoms with van der Waals surface area (Å²) < 4.78 is 11.6. The van der Waals surface area contributed by atoms with Crippen LogP contribution in [0.5, 0.6) is 11.5 Å². The van der Waals surface area contributed by atoms with Gasteiger partial charge in [0, 0.05) is 45.6 Å². The molecule has 1 amide bonds. The van der Waals surface area contributed by atoms with Crippen LogP contribution < -0.4 is 9.47 Å². The van der Waals surface area contributed by atoms with Crippen molar-refractivity contribution in [1.29, 1.82) is 0 Å². The standard InChI is InChI=1S/C31H42N2O5/c1-37-27-14-12-25(13-15-27)23-32-21-22-38-28-9-3-2-7-26(28)8-4-5-16-31(24-32)17-19-33(20-18-31)29(34)10-6-11-30(35)36/h2-3,7,9,12-15H,4-6,8,10-11,16-24H2,1H3,(H,35,36). The van der Waals surface area contributed by atoms with Crippen molar-refractivity contribution < 1.29 is 24.2 Å². The van der Waals surface area contributed by atoms with E-state index in [1.807, 2.05) is 23.1 Å². The normalized spacial score (nSPS) is 18.5. The number of carbonyl (C=O) groups is 2. The summed E-state index contributed by atoms with van der Waals surface area (Å²) >= 11 is 0. The average Bonchev–Trinajstić information content (AvgIpc) is 2.92. The average molecular weight is 523 g/mol. The molecular weight excluding hydrogens is 480 g/mol. The summed E-state index contributed by atoms with van der Waals surface area (Å²) in [6, 6.07) is 16.7. The summed E-state index contributed by atoms with van der Waals surface area (Å²) in [6.45, 7) is 4.79. The van der Waals surface area contributed by atoms with Crippen LogP contribution in [0.2, 0.25) is 0 Å². The molecular formula is C31H42N2O5. The van der Waals surface area contributed by atoms with E-state index in [0.29, 0.717) is 19.4 Å². The number of rotatable bonds is 7. The molecule has 1 fully saturated rings. The van der Waals surface area contributed by atoms with E-state index in [0.717, 1.165) is 82.7 Å². The zero-order valence-electron chi connectivity index (χ0n) is 22.7. The van der Waals surface area contributed by atoms with Gasteiger partial charge >= 0.3 is 5.97 Å². The Morgan fingerprint density at radius 1 is 0.974 bits per heavy atom. The van der Waals surface area contributed by atoms with E-state index < -0.39 is 5.97 Å². The number of hydrogen-bond acceptors (Lipinski definition) is 5. The molecule has 0 radical (unpaired) electrons. The van der Waals surface area contributed by atoms with Gasteiger partial charge in [-0.1, -0.05) is 36.8 Å². The predicted octanol–water partition coefficient (Wildman–Crippen LogP) is 5.17. The first-order valence-corrected chi connectivity index (χ1v) is 14.0. The molecule has 0 aliphatic carbocycles. The molecule has 7 heteroatoms. The van der Waals surface area contributed by atoms with Gasteiger partial charge in [0.1, 0.15) is 18.1 Å². The van der Waals surface area contributed by atoms with E-state index in [1.165, 1.54) is 11.1 Å². The SMILES string of the molecule is COc1ccc(CN2CCOc3ccccc3CCCCC3(CCN(C(=O)CCCC(=O)O)CC3)C2)cc1. The third kappa shape index (κ3) is 7.97. The Hall–Kier alpha value is -3.06. The lowest BCUT2D eigenvalue weighted by atomic mass is 9.73. The van der Waals surface area contributed by atoms with E-state index in [1.54, 1.807) is 7.11 Å². The minimum absolute atomic E-state index is 0.0506. The quantitative estimate of drug-likeness (QED) is 0.541. The summed E-state index contributed by atoms with van der Waals surface area (Å²) in [7, 11) is 1.69. The molecule has 7 nitrogen and oxygen atoms in total. The number of carboxylic acids is 1. The number of benzene rings is 2. The van der Waals surface area contributed by atoms with Gasteiger partial charge in [-0.25, -0.2) is 0 Å². The van der Waals surface area contributed by atoms with Crippen molar-refractivity contribution in [3.05, 3.63) is 59.7 Å². The van der Waals surface area contributed by atoms with Crippen LogP contribution in [0.4, 0.5) is 0 Å². The van der Waals surface area contributed by atoms with E-state index in [-0.39, 0.29) is 17.7 Å². The van der Waals surface area contributed by atoms with Gasteiger partial charge in [-0.05, 0) is 73.3 Å². The largest absolute Gasteiger partial charge is 0.497 e. The van der Waals surface area contributed by atoms with Crippen LogP contribution in [0.1, 0.15) is 62.5 Å². The Morgan fingerprint density at radius 2 is 1.74 bits per heavy atom. The first-order chi connectivity index (χ1) is 18.5. The molecule has 38 heavy (non-hydrogen) atoms. The van der Waals surface area contributed by atoms with Crippen molar-refractivity contribution in [2.24, 2.45) is 5.41 Å². The van der Waals surface area contributed by atoms with Crippen LogP contribution in [0.15, 0.2) is 48.5 Å². The second kappa shape index (κ2) is 13.7. The fourth-order valence-electron chi connectivity index (χ4n) is 5.90. The van der Waals surface area contributed by atoms with Crippen LogP contribution >= 0.6 is 0 Å². The van der Waals surface area contributed by atoms with Crippen LogP contribution in [-0.4, -0.2) is 66.7 Å². The highest BCUT2D eigenvalue weighted by Crippen LogP contribution is 2.39. The van der Waals surface area contributed by atoms with Crippen LogP contribution in [0, 0.1) is 5.41 Å². The summed E-state index contributed by atoms with van der Waals surface area (Å²) in [5.41, 5.74) is 2.69. The van der Waals surface area contributed by atoms with Gasteiger partial charge in [-0.15, -0.1) is 0 Å². The van der Waals surface area contributed by atoms with Crippen molar-refractivity contribution in [3.8, 4) is 11.5 Å². The van der Waals surface area contributed by atoms with Gasteiger partial charge in [0.2, 0.25) is 5.91 Å². The number of nitrogens with zero attached hydrogens (tertiary/aromatic N) is 2. The van der Waals surface area contributed by atoms with Gasteiger partial charge in [0.25, 0.3) is 0 Å². The number of methoxy groups -OCH3 is 1. The lowest BCUT2D eigenvalue weighted by Gasteiger charge is -2.45. The zero-order valence-corrected chi connectivity index (χ0v) is 22.7. The number of ether oxygens (including phenoxy) is 2. The van der Waals surface area contributed by atoms with Crippen molar-refractivity contribution in [2.45, 2.75) is 64.3 Å². The van der Waals surface area contributed by atoms with Gasteiger partial charge < -0.3 is 19.5 Å². The van der Waals surface area contributed by atoms with Gasteiger partial charge in [-0.3, -0.25) is 14.5 Å². The van der Waals surface area contributed by atoms with Crippen LogP contribution in [0.25, 0.3) is 0 Å². The van der Waals surface area contributed by atoms with Crippen molar-refractivity contribution in [1.82, 2.24) is 9.80 Å². The second-order valence-electron chi connectivity index (χ2n) is 10.9. The summed E-state index contributed by atoms with van der Waals surface area (Å²) in [5, 5.41) is 8.90. The smallest absolute Gasteiger partial charge is 0.303 e. The first-order valence-electron chi connectivity index (χ1n) is 14.0. The molecule has 0 saturated carbocycles. The second-order valence-corrected chi connectivity index (χ2v) is 10.9. The molecule has 2 aromatic carbocycles. The molecule has 1 saturated heterocycles. The number of para-hydroxylation sites is 1. The van der Waals surface area contributed by atoms with Crippen molar-refractivity contribution >= 4 is 11.9 Å². The first kappa shape index (κ1) is 28.0. The highest BCUT2D eigenvalue weighted by atomic mass is 16.5. The Balaban J connectivity index is 1.46. The molecule has 1 spiro atoms. The molecule has 2 aromatic rings. The lowest BCUT2D eigenvalue weighted by Crippen LogP contribution is -2.48. The van der Waals surface area contributed by atoms with E-state index >= 15 is 0 Å². The maximum atomic E-state index is 12.7. The van der Waals surface area contributed by atoms with Gasteiger partial charge in [-0.2, -0.15) is 0 Å². The van der Waals surface area contributed by atoms with Crippen molar-refractivity contribution in [3.63, 3.8) is 0 Å². The van der Waals surface area contributed by atoms with E-state index in [4.69, 9.17) is 14.6 Å². The number of aryl methyl sites for hydroxylation is 1. The Kier molecular flexibility index (Phi) is 10.0. The summed E-state index contributed by atoms with van der Waals surface area (Å²) in [5.74, 6) is 1.11. The van der Waals surface area contributed by atoms with Crippen LogP contribution in [-0.2, 0) is 22.6 Å². The Bertz CT molecular complexity index is 1050. The predicted molar refractivity (Wildman–Crippen MR) is 147 cm³/mol. The maximum Gasteiger partial charge on any atom is 0.303 e. The van der Waals surface area contributed by atoms with Crippen LogP contribution in [0.3, 0.4) is 0 Å². The monoisotopic (exact) mass is 522 g/mol. The number of likely N-dealkylation sites (tertiary alicyclic amines) is 1. The highest BCUT2D eigenvalue weighted by molar-refractivity contribution is 5.77. The number of hydrogen-bond donors (Lipinski definition) is 1. The molecule has 2 aliphatic rings. The maximum absolute atomic E-state index is 12.7. The number of carboxylic acid groups (broad SMARTS) is 1. The number of piperidine rings is 1. The van der Waals surface area contributed by atoms with E-state index in [2.05, 4.69) is 35.2 Å². The minimum atomic E-state index is -0.841. The molecule has 2 heterocycles. The number of fused-ring (bicyclic) bond motifs is 1. The molecule has 0 bridgehead atoms. The van der Waals surface area contributed by atoms with Gasteiger partial charge in [0.15, 0.2) is 0 Å². The Labute approximate surface area is 226 Å². The van der Waals surface area contributed by atoms with Gasteiger partial charge in [0.05, 0.1) is 7.11 Å².